The SMILES string of the molecule is CCCNCCC1(OCC(F)F)CCC1. The lowest BCUT2D eigenvalue weighted by atomic mass is 9.77. The third kappa shape index (κ3) is 4.43. The van der Waals surface area contributed by atoms with E-state index in [4.69, 9.17) is 4.74 Å². The smallest absolute Gasteiger partial charge is 0.261 e. The standard InChI is InChI=1S/C11H21F2NO/c1-2-7-14-8-6-11(4-3-5-11)15-9-10(12)13/h10,14H,2-9H2,1H3. The lowest BCUT2D eigenvalue weighted by molar-refractivity contribution is -0.133. The maximum Gasteiger partial charge on any atom is 0.261 e. The van der Waals surface area contributed by atoms with E-state index in [1.165, 1.54) is 0 Å². The Hall–Kier alpha value is -0.220. The molecule has 0 heterocycles. The molecule has 0 aromatic rings. The molecule has 1 rings (SSSR count). The summed E-state index contributed by atoms with van der Waals surface area (Å²) in [5.74, 6) is 0. The quantitative estimate of drug-likeness (QED) is 0.636. The highest BCUT2D eigenvalue weighted by Gasteiger charge is 2.37. The summed E-state index contributed by atoms with van der Waals surface area (Å²) in [6.45, 7) is 3.56. The molecule has 0 aromatic heterocycles. The Morgan fingerprint density at radius 2 is 2.07 bits per heavy atom. The molecular formula is C11H21F2NO. The van der Waals surface area contributed by atoms with Gasteiger partial charge in [-0.2, -0.15) is 0 Å². The molecule has 0 unspecified atom stereocenters. The van der Waals surface area contributed by atoms with Crippen molar-refractivity contribution in [2.45, 2.75) is 51.1 Å². The normalized spacial score (nSPS) is 19.2. The summed E-state index contributed by atoms with van der Waals surface area (Å²) in [4.78, 5) is 0. The van der Waals surface area contributed by atoms with Crippen molar-refractivity contribution >= 4 is 0 Å². The summed E-state index contributed by atoms with van der Waals surface area (Å²) in [6.07, 6.45) is 2.61. The maximum absolute atomic E-state index is 12.0. The van der Waals surface area contributed by atoms with Crippen LogP contribution in [0, 0.1) is 0 Å². The lowest BCUT2D eigenvalue weighted by Crippen LogP contribution is -2.43. The molecule has 2 nitrogen and oxygen atoms in total. The molecule has 90 valence electrons. The summed E-state index contributed by atoms with van der Waals surface area (Å²) in [5, 5.41) is 3.28. The topological polar surface area (TPSA) is 21.3 Å². The van der Waals surface area contributed by atoms with Crippen LogP contribution in [0.5, 0.6) is 0 Å². The van der Waals surface area contributed by atoms with Crippen LogP contribution >= 0.6 is 0 Å². The monoisotopic (exact) mass is 221 g/mol. The van der Waals surface area contributed by atoms with Gasteiger partial charge in [-0.25, -0.2) is 8.78 Å². The summed E-state index contributed by atoms with van der Waals surface area (Å²) in [5.41, 5.74) is -0.239. The number of hydrogen-bond donors (Lipinski definition) is 1. The zero-order valence-electron chi connectivity index (χ0n) is 9.40. The van der Waals surface area contributed by atoms with Gasteiger partial charge in [-0.1, -0.05) is 6.92 Å². The summed E-state index contributed by atoms with van der Waals surface area (Å²) in [7, 11) is 0. The first kappa shape index (κ1) is 12.8. The van der Waals surface area contributed by atoms with Crippen molar-refractivity contribution in [2.75, 3.05) is 19.7 Å². The van der Waals surface area contributed by atoms with Gasteiger partial charge in [0.25, 0.3) is 6.43 Å². The van der Waals surface area contributed by atoms with Crippen molar-refractivity contribution in [3.63, 3.8) is 0 Å². The van der Waals surface area contributed by atoms with E-state index in [2.05, 4.69) is 12.2 Å². The van der Waals surface area contributed by atoms with Gasteiger partial charge in [-0.15, -0.1) is 0 Å². The van der Waals surface area contributed by atoms with E-state index in [9.17, 15) is 8.78 Å². The molecule has 0 atom stereocenters. The van der Waals surface area contributed by atoms with E-state index in [1.54, 1.807) is 0 Å². The Balaban J connectivity index is 2.15. The Kier molecular flexibility index (Phi) is 5.47. The number of alkyl halides is 2. The minimum atomic E-state index is -2.34. The highest BCUT2D eigenvalue weighted by atomic mass is 19.3. The van der Waals surface area contributed by atoms with Crippen LogP contribution in [0.15, 0.2) is 0 Å². The van der Waals surface area contributed by atoms with Crippen molar-refractivity contribution in [3.05, 3.63) is 0 Å². The van der Waals surface area contributed by atoms with E-state index in [0.29, 0.717) is 0 Å². The van der Waals surface area contributed by atoms with Crippen LogP contribution < -0.4 is 5.32 Å². The van der Waals surface area contributed by atoms with Gasteiger partial charge in [0.1, 0.15) is 6.61 Å². The highest BCUT2D eigenvalue weighted by Crippen LogP contribution is 2.38. The molecule has 0 saturated heterocycles. The third-order valence-corrected chi connectivity index (χ3v) is 2.96. The minimum absolute atomic E-state index is 0.239. The second-order valence-corrected chi connectivity index (χ2v) is 4.24. The first-order chi connectivity index (χ1) is 7.18. The van der Waals surface area contributed by atoms with Crippen LogP contribution in [0.1, 0.15) is 39.0 Å². The molecule has 0 amide bonds. The van der Waals surface area contributed by atoms with Gasteiger partial charge in [0, 0.05) is 0 Å². The van der Waals surface area contributed by atoms with Crippen molar-refractivity contribution in [1.29, 1.82) is 0 Å². The molecule has 1 fully saturated rings. The lowest BCUT2D eigenvalue weighted by Gasteiger charge is -2.41. The van der Waals surface area contributed by atoms with E-state index >= 15 is 0 Å². The zero-order chi connectivity index (χ0) is 11.1. The minimum Gasteiger partial charge on any atom is -0.369 e. The van der Waals surface area contributed by atoms with Crippen LogP contribution in [0.2, 0.25) is 0 Å². The van der Waals surface area contributed by atoms with Crippen LogP contribution in [0.25, 0.3) is 0 Å². The largest absolute Gasteiger partial charge is 0.369 e. The van der Waals surface area contributed by atoms with Gasteiger partial charge in [0.05, 0.1) is 5.60 Å². The number of ether oxygens (including phenoxy) is 1. The van der Waals surface area contributed by atoms with Crippen LogP contribution in [-0.4, -0.2) is 31.7 Å². The molecule has 1 aliphatic carbocycles. The van der Waals surface area contributed by atoms with Crippen LogP contribution in [-0.2, 0) is 4.74 Å². The van der Waals surface area contributed by atoms with Crippen molar-refractivity contribution in [1.82, 2.24) is 5.32 Å². The molecule has 0 radical (unpaired) electrons. The van der Waals surface area contributed by atoms with Gasteiger partial charge < -0.3 is 10.1 Å². The second-order valence-electron chi connectivity index (χ2n) is 4.24. The first-order valence-electron chi connectivity index (χ1n) is 5.81. The average molecular weight is 221 g/mol. The molecule has 1 N–H and O–H groups in total. The Bertz CT molecular complexity index is 172. The molecule has 0 aliphatic heterocycles. The Morgan fingerprint density at radius 1 is 1.33 bits per heavy atom. The van der Waals surface area contributed by atoms with Crippen molar-refractivity contribution < 1.29 is 13.5 Å². The maximum atomic E-state index is 12.0. The molecule has 0 bridgehead atoms. The molecule has 1 aliphatic rings. The highest BCUT2D eigenvalue weighted by molar-refractivity contribution is 4.90. The van der Waals surface area contributed by atoms with Gasteiger partial charge in [0.15, 0.2) is 0 Å². The van der Waals surface area contributed by atoms with E-state index in [-0.39, 0.29) is 5.60 Å². The fourth-order valence-corrected chi connectivity index (χ4v) is 1.90. The summed E-state index contributed by atoms with van der Waals surface area (Å²) < 4.78 is 29.4. The molecule has 4 heteroatoms. The number of hydrogen-bond acceptors (Lipinski definition) is 2. The van der Waals surface area contributed by atoms with Crippen LogP contribution in [0.3, 0.4) is 0 Å². The number of halogens is 2. The summed E-state index contributed by atoms with van der Waals surface area (Å²) >= 11 is 0. The van der Waals surface area contributed by atoms with Crippen LogP contribution in [0.4, 0.5) is 8.78 Å². The fraction of sp³-hybridized carbons (Fsp3) is 1.00. The third-order valence-electron chi connectivity index (χ3n) is 2.96. The van der Waals surface area contributed by atoms with E-state index in [1.807, 2.05) is 0 Å². The Labute approximate surface area is 90.4 Å². The second kappa shape index (κ2) is 6.38. The molecule has 15 heavy (non-hydrogen) atoms. The predicted octanol–water partition coefficient (Wildman–Crippen LogP) is 2.58. The first-order valence-corrected chi connectivity index (χ1v) is 5.81. The molecular weight excluding hydrogens is 200 g/mol. The molecule has 1 saturated carbocycles. The fourth-order valence-electron chi connectivity index (χ4n) is 1.90. The predicted molar refractivity (Wildman–Crippen MR) is 56.3 cm³/mol. The zero-order valence-corrected chi connectivity index (χ0v) is 9.40. The van der Waals surface area contributed by atoms with Crippen molar-refractivity contribution in [2.24, 2.45) is 0 Å². The van der Waals surface area contributed by atoms with Gasteiger partial charge >= 0.3 is 0 Å². The van der Waals surface area contributed by atoms with Gasteiger partial charge in [0.2, 0.25) is 0 Å². The average Bonchev–Trinajstić information content (AvgIpc) is 2.14. The van der Waals surface area contributed by atoms with E-state index < -0.39 is 13.0 Å². The van der Waals surface area contributed by atoms with Gasteiger partial charge in [-0.3, -0.25) is 0 Å². The van der Waals surface area contributed by atoms with Crippen molar-refractivity contribution in [3.8, 4) is 0 Å². The van der Waals surface area contributed by atoms with Gasteiger partial charge in [-0.05, 0) is 45.2 Å². The molecule has 0 aromatic carbocycles. The number of nitrogens with one attached hydrogen (secondary N) is 1. The Morgan fingerprint density at radius 3 is 2.53 bits per heavy atom. The summed E-state index contributed by atoms with van der Waals surface area (Å²) in [6, 6.07) is 0. The molecule has 0 spiro atoms. The number of rotatable bonds is 8. The van der Waals surface area contributed by atoms with E-state index in [0.717, 1.165) is 45.2 Å².